The molecule has 1 heterocycles. The van der Waals surface area contributed by atoms with Gasteiger partial charge >= 0.3 is 0 Å². The van der Waals surface area contributed by atoms with Gasteiger partial charge in [0, 0.05) is 32.4 Å². The van der Waals surface area contributed by atoms with Crippen molar-refractivity contribution in [3.05, 3.63) is 53.5 Å². The van der Waals surface area contributed by atoms with Crippen LogP contribution < -0.4 is 10.2 Å². The van der Waals surface area contributed by atoms with Gasteiger partial charge in [-0.1, -0.05) is 6.07 Å². The molecule has 0 radical (unpaired) electrons. The number of benzene rings is 1. The molecule has 5 nitrogen and oxygen atoms in total. The van der Waals surface area contributed by atoms with E-state index >= 15 is 0 Å². The second-order valence-electron chi connectivity index (χ2n) is 4.77. The first-order valence-corrected chi connectivity index (χ1v) is 6.36. The average Bonchev–Trinajstić information content (AvgIpc) is 2.48. The number of aromatic hydroxyl groups is 1. The van der Waals surface area contributed by atoms with Crippen molar-refractivity contribution in [1.29, 1.82) is 0 Å². The first-order valence-electron chi connectivity index (χ1n) is 6.36. The number of nitrogens with zero attached hydrogens (tertiary/aromatic N) is 2. The van der Waals surface area contributed by atoms with Gasteiger partial charge in [-0.15, -0.1) is 0 Å². The summed E-state index contributed by atoms with van der Waals surface area (Å²) < 4.78 is 13.2. The van der Waals surface area contributed by atoms with Gasteiger partial charge in [-0.2, -0.15) is 0 Å². The van der Waals surface area contributed by atoms with Crippen molar-refractivity contribution in [2.45, 2.75) is 6.54 Å². The van der Waals surface area contributed by atoms with Crippen molar-refractivity contribution < 1.29 is 14.3 Å². The van der Waals surface area contributed by atoms with E-state index in [9.17, 15) is 9.18 Å². The summed E-state index contributed by atoms with van der Waals surface area (Å²) in [4.78, 5) is 18.0. The molecule has 0 aliphatic rings. The summed E-state index contributed by atoms with van der Waals surface area (Å²) in [5, 5.41) is 11.8. The Kier molecular flexibility index (Phi) is 4.37. The molecule has 1 aromatic carbocycles. The van der Waals surface area contributed by atoms with E-state index in [0.29, 0.717) is 16.9 Å². The van der Waals surface area contributed by atoms with Crippen LogP contribution in [-0.2, 0) is 6.54 Å². The summed E-state index contributed by atoms with van der Waals surface area (Å²) in [6, 6.07) is 7.28. The molecule has 0 unspecified atom stereocenters. The van der Waals surface area contributed by atoms with Crippen molar-refractivity contribution in [3.63, 3.8) is 0 Å². The predicted octanol–water partition coefficient (Wildman–Crippen LogP) is 1.92. The second-order valence-corrected chi connectivity index (χ2v) is 4.77. The van der Waals surface area contributed by atoms with Gasteiger partial charge in [0.2, 0.25) is 0 Å². The highest BCUT2D eigenvalue weighted by Gasteiger charge is 2.08. The number of carbonyl (C=O) groups is 1. The minimum Gasteiger partial charge on any atom is -0.505 e. The van der Waals surface area contributed by atoms with E-state index in [2.05, 4.69) is 10.3 Å². The molecule has 0 fully saturated rings. The van der Waals surface area contributed by atoms with Gasteiger partial charge in [-0.25, -0.2) is 9.37 Å². The zero-order valence-electron chi connectivity index (χ0n) is 11.8. The molecule has 0 saturated heterocycles. The molecule has 6 heteroatoms. The van der Waals surface area contributed by atoms with Crippen molar-refractivity contribution in [2.75, 3.05) is 19.0 Å². The normalized spacial score (nSPS) is 10.2. The number of nitrogens with one attached hydrogen (secondary N) is 1. The molecule has 21 heavy (non-hydrogen) atoms. The molecule has 2 rings (SSSR count). The maximum Gasteiger partial charge on any atom is 0.251 e. The lowest BCUT2D eigenvalue weighted by Gasteiger charge is -2.12. The number of phenols is 1. The Bertz CT molecular complexity index is 659. The number of phenolic OH excluding ortho intramolecular Hbond substituents is 1. The van der Waals surface area contributed by atoms with Crippen LogP contribution in [0.5, 0.6) is 5.75 Å². The minimum absolute atomic E-state index is 0.176. The number of rotatable bonds is 4. The zero-order chi connectivity index (χ0) is 15.4. The van der Waals surface area contributed by atoms with E-state index in [1.54, 1.807) is 29.3 Å². The Morgan fingerprint density at radius 3 is 2.76 bits per heavy atom. The molecule has 0 saturated carbocycles. The molecule has 0 atom stereocenters. The maximum absolute atomic E-state index is 13.2. The first kappa shape index (κ1) is 14.8. The Labute approximate surface area is 122 Å². The van der Waals surface area contributed by atoms with Crippen LogP contribution in [0.15, 0.2) is 36.5 Å². The standard InChI is InChI=1S/C15H16FN3O2/c1-19(2)14-8-11(5-6-17-14)15(21)18-9-10-3-4-13(20)12(16)7-10/h3-8,20H,9H2,1-2H3,(H,18,21). The fourth-order valence-electron chi connectivity index (χ4n) is 1.75. The van der Waals surface area contributed by atoms with Gasteiger partial charge in [-0.05, 0) is 29.8 Å². The van der Waals surface area contributed by atoms with Crippen molar-refractivity contribution in [2.24, 2.45) is 0 Å². The molecular formula is C15H16FN3O2. The topological polar surface area (TPSA) is 65.5 Å². The summed E-state index contributed by atoms with van der Waals surface area (Å²) >= 11 is 0. The molecule has 0 aliphatic heterocycles. The third-order valence-corrected chi connectivity index (χ3v) is 2.93. The number of hydrogen-bond donors (Lipinski definition) is 2. The third kappa shape index (κ3) is 3.68. The summed E-state index contributed by atoms with van der Waals surface area (Å²) in [7, 11) is 3.67. The molecule has 0 spiro atoms. The highest BCUT2D eigenvalue weighted by molar-refractivity contribution is 5.94. The van der Waals surface area contributed by atoms with Gasteiger partial charge in [-0.3, -0.25) is 4.79 Å². The van der Waals surface area contributed by atoms with Gasteiger partial charge in [0.05, 0.1) is 0 Å². The van der Waals surface area contributed by atoms with Gasteiger partial charge in [0.1, 0.15) is 5.82 Å². The number of halogens is 1. The fraction of sp³-hybridized carbons (Fsp3) is 0.200. The number of amides is 1. The summed E-state index contributed by atoms with van der Waals surface area (Å²) in [6.45, 7) is 0.176. The van der Waals surface area contributed by atoms with Crippen molar-refractivity contribution in [1.82, 2.24) is 10.3 Å². The third-order valence-electron chi connectivity index (χ3n) is 2.93. The van der Waals surface area contributed by atoms with Crippen LogP contribution in [0, 0.1) is 5.82 Å². The maximum atomic E-state index is 13.2. The molecule has 1 aromatic heterocycles. The molecule has 1 amide bonds. The average molecular weight is 289 g/mol. The van der Waals surface area contributed by atoms with Gasteiger partial charge in [0.25, 0.3) is 5.91 Å². The summed E-state index contributed by atoms with van der Waals surface area (Å²) in [5.74, 6) is -0.706. The summed E-state index contributed by atoms with van der Waals surface area (Å²) in [5.41, 5.74) is 1.05. The van der Waals surface area contributed by atoms with E-state index < -0.39 is 11.6 Å². The van der Waals surface area contributed by atoms with Gasteiger partial charge < -0.3 is 15.3 Å². The van der Waals surface area contributed by atoms with E-state index in [-0.39, 0.29) is 12.5 Å². The molecule has 2 aromatic rings. The number of pyridine rings is 1. The van der Waals surface area contributed by atoms with Crippen LogP contribution in [0.4, 0.5) is 10.2 Å². The highest BCUT2D eigenvalue weighted by atomic mass is 19.1. The minimum atomic E-state index is -0.708. The fourth-order valence-corrected chi connectivity index (χ4v) is 1.75. The monoisotopic (exact) mass is 289 g/mol. The van der Waals surface area contributed by atoms with Crippen LogP contribution >= 0.6 is 0 Å². The Balaban J connectivity index is 2.04. The lowest BCUT2D eigenvalue weighted by Crippen LogP contribution is -2.23. The Morgan fingerprint density at radius 1 is 1.33 bits per heavy atom. The van der Waals surface area contributed by atoms with Crippen molar-refractivity contribution in [3.8, 4) is 5.75 Å². The lowest BCUT2D eigenvalue weighted by atomic mass is 10.2. The van der Waals surface area contributed by atoms with Crippen LogP contribution in [0.25, 0.3) is 0 Å². The Morgan fingerprint density at radius 2 is 2.10 bits per heavy atom. The molecule has 0 aliphatic carbocycles. The van der Waals surface area contributed by atoms with Crippen LogP contribution in [0.3, 0.4) is 0 Å². The van der Waals surface area contributed by atoms with E-state index in [1.807, 2.05) is 14.1 Å². The first-order chi connectivity index (χ1) is 9.97. The number of carbonyl (C=O) groups excluding carboxylic acids is 1. The van der Waals surface area contributed by atoms with Crippen molar-refractivity contribution >= 4 is 11.7 Å². The molecule has 110 valence electrons. The van der Waals surface area contributed by atoms with E-state index in [0.717, 1.165) is 0 Å². The Hall–Kier alpha value is -2.63. The smallest absolute Gasteiger partial charge is 0.251 e. The van der Waals surface area contributed by atoms with E-state index in [1.165, 1.54) is 12.1 Å². The van der Waals surface area contributed by atoms with E-state index in [4.69, 9.17) is 5.11 Å². The van der Waals surface area contributed by atoms with Crippen LogP contribution in [0.2, 0.25) is 0 Å². The number of aromatic nitrogens is 1. The summed E-state index contributed by atoms with van der Waals surface area (Å²) in [6.07, 6.45) is 1.56. The zero-order valence-corrected chi connectivity index (χ0v) is 11.8. The molecular weight excluding hydrogens is 273 g/mol. The largest absolute Gasteiger partial charge is 0.505 e. The number of hydrogen-bond acceptors (Lipinski definition) is 4. The quantitative estimate of drug-likeness (QED) is 0.902. The molecule has 0 bridgehead atoms. The van der Waals surface area contributed by atoms with Crippen LogP contribution in [-0.4, -0.2) is 30.1 Å². The molecule has 2 N–H and O–H groups in total. The lowest BCUT2D eigenvalue weighted by molar-refractivity contribution is 0.0951. The van der Waals surface area contributed by atoms with Crippen LogP contribution in [0.1, 0.15) is 15.9 Å². The predicted molar refractivity (Wildman–Crippen MR) is 77.8 cm³/mol. The second kappa shape index (κ2) is 6.21. The number of anilines is 1. The van der Waals surface area contributed by atoms with Gasteiger partial charge in [0.15, 0.2) is 11.6 Å². The SMILES string of the molecule is CN(C)c1cc(C(=O)NCc2ccc(O)c(F)c2)ccn1. The highest BCUT2D eigenvalue weighted by Crippen LogP contribution is 2.16.